The number of fused-ring (bicyclic) bond motifs is 1. The minimum absolute atomic E-state index is 0.145. The largest absolute Gasteiger partial charge is 0.480 e. The maximum absolute atomic E-state index is 13.9. The van der Waals surface area contributed by atoms with E-state index >= 15 is 0 Å². The smallest absolute Gasteiger partial charge is 0.408 e. The third-order valence-electron chi connectivity index (χ3n) is 8.83. The Morgan fingerprint density at radius 3 is 2.29 bits per heavy atom. The van der Waals surface area contributed by atoms with Crippen LogP contribution in [0.15, 0.2) is 126 Å². The van der Waals surface area contributed by atoms with Gasteiger partial charge in [-0.25, -0.2) is 9.59 Å². The SMILES string of the molecule is CC(C)(C)OC(=O)N[C@@H](c1ccc2ccccc2n1)[C@H](N=C(c1ccccc1)c1ccccc1NC(=O)[C@@H]1CCCN1Cc1ccccc1)C(=O)O. The number of amides is 2. The molecule has 2 heterocycles. The second-order valence-corrected chi connectivity index (χ2v) is 13.8. The molecule has 0 saturated carbocycles. The molecule has 4 aromatic carbocycles. The molecule has 1 aromatic heterocycles. The molecule has 10 heteroatoms. The number of pyridine rings is 1. The number of aliphatic imine (C=N–C) groups is 1. The van der Waals surface area contributed by atoms with E-state index in [-0.39, 0.29) is 11.9 Å². The number of carbonyl (C=O) groups is 3. The molecule has 2 amide bonds. The zero-order valence-corrected chi connectivity index (χ0v) is 29.5. The number of hydrogen-bond acceptors (Lipinski definition) is 7. The highest BCUT2D eigenvalue weighted by atomic mass is 16.6. The molecule has 52 heavy (non-hydrogen) atoms. The Morgan fingerprint density at radius 1 is 0.885 bits per heavy atom. The molecule has 1 aliphatic heterocycles. The van der Waals surface area contributed by atoms with Gasteiger partial charge in [-0.3, -0.25) is 19.7 Å². The molecule has 1 aliphatic rings. The van der Waals surface area contributed by atoms with Crippen LogP contribution in [0.3, 0.4) is 0 Å². The van der Waals surface area contributed by atoms with E-state index in [9.17, 15) is 19.5 Å². The minimum Gasteiger partial charge on any atom is -0.480 e. The van der Waals surface area contributed by atoms with Gasteiger partial charge in [0.1, 0.15) is 11.6 Å². The maximum atomic E-state index is 13.9. The molecule has 6 rings (SSSR count). The fourth-order valence-electron chi connectivity index (χ4n) is 6.46. The van der Waals surface area contributed by atoms with Gasteiger partial charge < -0.3 is 20.5 Å². The number of nitrogens with zero attached hydrogens (tertiary/aromatic N) is 3. The summed E-state index contributed by atoms with van der Waals surface area (Å²) in [5.41, 5.74) is 3.21. The highest BCUT2D eigenvalue weighted by Crippen LogP contribution is 2.28. The van der Waals surface area contributed by atoms with Crippen LogP contribution in [0, 0.1) is 0 Å². The topological polar surface area (TPSA) is 133 Å². The number of carboxylic acid groups (broad SMARTS) is 1. The molecule has 0 radical (unpaired) electrons. The molecule has 5 aromatic rings. The summed E-state index contributed by atoms with van der Waals surface area (Å²) in [4.78, 5) is 52.3. The number of carboxylic acids is 1. The third kappa shape index (κ3) is 8.88. The van der Waals surface area contributed by atoms with Crippen LogP contribution in [0.2, 0.25) is 0 Å². The van der Waals surface area contributed by atoms with Crippen LogP contribution >= 0.6 is 0 Å². The van der Waals surface area contributed by atoms with Crippen LogP contribution in [0.1, 0.15) is 62.0 Å². The van der Waals surface area contributed by atoms with E-state index in [2.05, 4.69) is 27.7 Å². The standard InChI is InChI=1S/C42H43N5O5/c1-42(2,3)52-41(51)46-37(34-25-24-29-17-10-12-21-32(29)43-34)38(40(49)50)45-36(30-18-8-5-9-19-30)31-20-11-13-22-33(31)44-39(48)35-23-14-26-47(35)27-28-15-6-4-7-16-28/h4-13,15-22,24-25,35,37-38H,14,23,26-27H2,1-3H3,(H,44,48)(H,46,51)(H,49,50)/t35-,37-,38-/m0/s1. The number of alkyl carbamates (subject to hydrolysis) is 1. The number of likely N-dealkylation sites (tertiary alicyclic amines) is 1. The first-order valence-electron chi connectivity index (χ1n) is 17.5. The molecule has 3 atom stereocenters. The van der Waals surface area contributed by atoms with Gasteiger partial charge in [0.2, 0.25) is 5.91 Å². The molecule has 0 aliphatic carbocycles. The second-order valence-electron chi connectivity index (χ2n) is 13.8. The van der Waals surface area contributed by atoms with Crippen molar-refractivity contribution in [2.75, 3.05) is 11.9 Å². The first kappa shape index (κ1) is 35.9. The summed E-state index contributed by atoms with van der Waals surface area (Å²) in [7, 11) is 0. The monoisotopic (exact) mass is 697 g/mol. The van der Waals surface area contributed by atoms with Crippen molar-refractivity contribution < 1.29 is 24.2 Å². The average Bonchev–Trinajstić information content (AvgIpc) is 3.60. The third-order valence-corrected chi connectivity index (χ3v) is 8.83. The molecule has 3 N–H and O–H groups in total. The number of benzene rings is 4. The Hall–Kier alpha value is -5.87. The quantitative estimate of drug-likeness (QED) is 0.123. The van der Waals surface area contributed by atoms with Gasteiger partial charge >= 0.3 is 12.1 Å². The molecular formula is C42H43N5O5. The van der Waals surface area contributed by atoms with Gasteiger partial charge in [-0.05, 0) is 63.9 Å². The summed E-state index contributed by atoms with van der Waals surface area (Å²) in [5.74, 6) is -1.43. The Labute approximate surface area is 303 Å². The van der Waals surface area contributed by atoms with Crippen molar-refractivity contribution in [2.45, 2.75) is 63.9 Å². The van der Waals surface area contributed by atoms with E-state index < -0.39 is 29.7 Å². The number of para-hydroxylation sites is 2. The van der Waals surface area contributed by atoms with Crippen LogP contribution in [0.5, 0.6) is 0 Å². The van der Waals surface area contributed by atoms with Gasteiger partial charge in [0, 0.05) is 23.1 Å². The normalized spacial score (nSPS) is 16.2. The van der Waals surface area contributed by atoms with Crippen molar-refractivity contribution in [2.24, 2.45) is 4.99 Å². The predicted octanol–water partition coefficient (Wildman–Crippen LogP) is 7.39. The summed E-state index contributed by atoms with van der Waals surface area (Å²) in [6, 6.07) is 34.4. The lowest BCUT2D eigenvalue weighted by Gasteiger charge is -2.27. The number of carbonyl (C=O) groups excluding carboxylic acids is 2. The van der Waals surface area contributed by atoms with Crippen molar-refractivity contribution >= 4 is 40.3 Å². The first-order chi connectivity index (χ1) is 25.1. The van der Waals surface area contributed by atoms with Crippen LogP contribution in [-0.2, 0) is 20.9 Å². The fourth-order valence-corrected chi connectivity index (χ4v) is 6.46. The van der Waals surface area contributed by atoms with Crippen molar-refractivity contribution in [1.82, 2.24) is 15.2 Å². The summed E-state index contributed by atoms with van der Waals surface area (Å²) < 4.78 is 5.57. The van der Waals surface area contributed by atoms with E-state index in [0.717, 1.165) is 30.3 Å². The van der Waals surface area contributed by atoms with Gasteiger partial charge in [-0.1, -0.05) is 103 Å². The molecular weight excluding hydrogens is 654 g/mol. The second kappa shape index (κ2) is 16.0. The molecule has 1 saturated heterocycles. The molecule has 0 spiro atoms. The zero-order chi connectivity index (χ0) is 36.7. The molecule has 0 bridgehead atoms. The number of hydrogen-bond donors (Lipinski definition) is 3. The lowest BCUT2D eigenvalue weighted by molar-refractivity contribution is -0.139. The Morgan fingerprint density at radius 2 is 1.56 bits per heavy atom. The zero-order valence-electron chi connectivity index (χ0n) is 29.5. The van der Waals surface area contributed by atoms with Gasteiger partial charge in [0.25, 0.3) is 0 Å². The number of ether oxygens (including phenoxy) is 1. The van der Waals surface area contributed by atoms with Gasteiger partial charge in [0.15, 0.2) is 6.04 Å². The van der Waals surface area contributed by atoms with Gasteiger partial charge in [-0.15, -0.1) is 0 Å². The van der Waals surface area contributed by atoms with E-state index in [0.29, 0.717) is 40.3 Å². The summed E-state index contributed by atoms with van der Waals surface area (Å²) in [6.45, 7) is 6.66. The Kier molecular flexibility index (Phi) is 11.1. The lowest BCUT2D eigenvalue weighted by Crippen LogP contribution is -2.42. The van der Waals surface area contributed by atoms with Crippen molar-refractivity contribution in [3.63, 3.8) is 0 Å². The molecule has 10 nitrogen and oxygen atoms in total. The summed E-state index contributed by atoms with van der Waals surface area (Å²) in [5, 5.41) is 17.6. The van der Waals surface area contributed by atoms with Crippen LogP contribution in [-0.4, -0.2) is 62.9 Å². The first-order valence-corrected chi connectivity index (χ1v) is 17.5. The summed E-state index contributed by atoms with van der Waals surface area (Å²) >= 11 is 0. The van der Waals surface area contributed by atoms with Crippen LogP contribution in [0.25, 0.3) is 10.9 Å². The molecule has 1 fully saturated rings. The number of rotatable bonds is 11. The van der Waals surface area contributed by atoms with Crippen molar-refractivity contribution in [1.29, 1.82) is 0 Å². The Bertz CT molecular complexity index is 2060. The highest BCUT2D eigenvalue weighted by molar-refractivity contribution is 6.17. The summed E-state index contributed by atoms with van der Waals surface area (Å²) in [6.07, 6.45) is 0.816. The van der Waals surface area contributed by atoms with E-state index in [1.807, 2.05) is 91.0 Å². The van der Waals surface area contributed by atoms with E-state index in [1.165, 1.54) is 0 Å². The number of aromatic nitrogens is 1. The highest BCUT2D eigenvalue weighted by Gasteiger charge is 2.35. The predicted molar refractivity (Wildman–Crippen MR) is 202 cm³/mol. The molecule has 266 valence electrons. The van der Waals surface area contributed by atoms with Gasteiger partial charge in [0.05, 0.1) is 28.7 Å². The number of aliphatic carboxylic acids is 1. The minimum atomic E-state index is -1.55. The van der Waals surface area contributed by atoms with Crippen LogP contribution < -0.4 is 10.6 Å². The maximum Gasteiger partial charge on any atom is 0.408 e. The van der Waals surface area contributed by atoms with Crippen molar-refractivity contribution in [3.8, 4) is 0 Å². The van der Waals surface area contributed by atoms with Crippen molar-refractivity contribution in [3.05, 3.63) is 144 Å². The van der Waals surface area contributed by atoms with E-state index in [4.69, 9.17) is 14.7 Å². The van der Waals surface area contributed by atoms with E-state index in [1.54, 1.807) is 39.0 Å². The number of nitrogens with one attached hydrogen (secondary N) is 2. The fraction of sp³-hybridized carbons (Fsp3) is 0.262. The average molecular weight is 698 g/mol. The lowest BCUT2D eigenvalue weighted by atomic mass is 9.98. The van der Waals surface area contributed by atoms with Gasteiger partial charge in [-0.2, -0.15) is 0 Å². The molecule has 0 unspecified atom stereocenters. The number of anilines is 1. The van der Waals surface area contributed by atoms with Crippen LogP contribution in [0.4, 0.5) is 10.5 Å². The Balaban J connectivity index is 1.40.